The minimum atomic E-state index is 0.342. The maximum atomic E-state index is 5.42. The third kappa shape index (κ3) is 2.99. The third-order valence-electron chi connectivity index (χ3n) is 2.96. The van der Waals surface area contributed by atoms with Crippen LogP contribution in [0.2, 0.25) is 0 Å². The molecule has 2 aromatic heterocycles. The number of nitrogen functional groups attached to an aromatic ring is 1. The Morgan fingerprint density at radius 1 is 1.20 bits per heavy atom. The van der Waals surface area contributed by atoms with Gasteiger partial charge in [-0.2, -0.15) is 15.0 Å². The number of hydrogen-bond donors (Lipinski definition) is 2. The molecule has 0 bridgehead atoms. The van der Waals surface area contributed by atoms with Crippen molar-refractivity contribution < 1.29 is 4.42 Å². The maximum Gasteiger partial charge on any atom is 0.263 e. The molecule has 1 aliphatic heterocycles. The van der Waals surface area contributed by atoms with E-state index in [9.17, 15) is 0 Å². The third-order valence-corrected chi connectivity index (χ3v) is 3.70. The molecule has 3 heterocycles. The van der Waals surface area contributed by atoms with Crippen molar-refractivity contribution in [2.45, 2.75) is 29.6 Å². The van der Waals surface area contributed by atoms with E-state index in [1.807, 2.05) is 0 Å². The average Bonchev–Trinajstić information content (AvgIpc) is 3.00. The lowest BCUT2D eigenvalue weighted by Gasteiger charge is -2.26. The molecule has 0 atom stereocenters. The van der Waals surface area contributed by atoms with Crippen LogP contribution in [0.25, 0.3) is 0 Å². The number of nitrogens with zero attached hydrogens (tertiary/aromatic N) is 5. The van der Waals surface area contributed by atoms with Gasteiger partial charge in [-0.15, -0.1) is 0 Å². The summed E-state index contributed by atoms with van der Waals surface area (Å²) >= 11 is 1.24. The van der Waals surface area contributed by atoms with Crippen molar-refractivity contribution in [3.8, 4) is 0 Å². The van der Waals surface area contributed by atoms with E-state index >= 15 is 0 Å². The normalized spacial score (nSPS) is 15.3. The summed E-state index contributed by atoms with van der Waals surface area (Å²) in [5.41, 5.74) is 2.47. The number of anilines is 2. The summed E-state index contributed by atoms with van der Waals surface area (Å²) in [6.07, 6.45) is 6.65. The zero-order valence-corrected chi connectivity index (χ0v) is 11.6. The highest BCUT2D eigenvalue weighted by Gasteiger charge is 2.17. The molecule has 20 heavy (non-hydrogen) atoms. The Bertz CT molecular complexity index is 556. The van der Waals surface area contributed by atoms with Gasteiger partial charge >= 0.3 is 0 Å². The molecule has 2 aromatic rings. The smallest absolute Gasteiger partial charge is 0.263 e. The first-order chi connectivity index (χ1) is 9.85. The quantitative estimate of drug-likeness (QED) is 0.637. The lowest BCUT2D eigenvalue weighted by atomic mass is 10.1. The van der Waals surface area contributed by atoms with Gasteiger partial charge in [-0.25, -0.2) is 10.8 Å². The molecule has 1 fully saturated rings. The summed E-state index contributed by atoms with van der Waals surface area (Å²) < 4.78 is 5.18. The molecule has 0 amide bonds. The van der Waals surface area contributed by atoms with Crippen LogP contribution in [0.1, 0.15) is 19.3 Å². The Hall–Kier alpha value is -1.87. The lowest BCUT2D eigenvalue weighted by Crippen LogP contribution is -2.31. The fourth-order valence-corrected chi connectivity index (χ4v) is 2.66. The van der Waals surface area contributed by atoms with Gasteiger partial charge in [0.05, 0.1) is 6.20 Å². The summed E-state index contributed by atoms with van der Waals surface area (Å²) in [6, 6.07) is 0. The Morgan fingerprint density at radius 2 is 2.05 bits per heavy atom. The van der Waals surface area contributed by atoms with E-state index in [1.54, 1.807) is 6.20 Å². The van der Waals surface area contributed by atoms with Gasteiger partial charge in [0, 0.05) is 24.9 Å². The first-order valence-corrected chi connectivity index (χ1v) is 7.22. The number of piperidine rings is 1. The molecular formula is C11H15N7OS. The first-order valence-electron chi connectivity index (χ1n) is 6.40. The summed E-state index contributed by atoms with van der Waals surface area (Å²) in [5, 5.41) is 1.000. The van der Waals surface area contributed by atoms with E-state index in [-0.39, 0.29) is 0 Å². The highest BCUT2D eigenvalue weighted by atomic mass is 32.2. The van der Waals surface area contributed by atoms with Gasteiger partial charge in [-0.3, -0.25) is 5.43 Å². The van der Waals surface area contributed by atoms with Gasteiger partial charge in [0.2, 0.25) is 17.1 Å². The van der Waals surface area contributed by atoms with Crippen molar-refractivity contribution in [1.82, 2.24) is 19.9 Å². The standard InChI is InChI=1S/C11H15N7OS/c12-17-8-14-9(18-5-2-1-3-6-18)16-10(15-8)20-11-13-4-7-19-11/h4,7H,1-3,5-6,12H2,(H,14,15,16,17). The predicted octanol–water partition coefficient (Wildman–Crippen LogP) is 1.29. The topological polar surface area (TPSA) is 106 Å². The molecule has 106 valence electrons. The van der Waals surface area contributed by atoms with Gasteiger partial charge in [-0.05, 0) is 19.3 Å². The van der Waals surface area contributed by atoms with Gasteiger partial charge in [0.1, 0.15) is 6.26 Å². The Morgan fingerprint density at radius 3 is 2.75 bits per heavy atom. The number of hydrazine groups is 1. The molecule has 0 unspecified atom stereocenters. The molecule has 9 heteroatoms. The summed E-state index contributed by atoms with van der Waals surface area (Å²) in [4.78, 5) is 19.1. The summed E-state index contributed by atoms with van der Waals surface area (Å²) in [7, 11) is 0. The highest BCUT2D eigenvalue weighted by Crippen LogP contribution is 2.25. The van der Waals surface area contributed by atoms with Crippen LogP contribution in [-0.2, 0) is 0 Å². The van der Waals surface area contributed by atoms with Crippen LogP contribution in [0, 0.1) is 0 Å². The van der Waals surface area contributed by atoms with Gasteiger partial charge in [-0.1, -0.05) is 0 Å². The molecule has 3 rings (SSSR count). The van der Waals surface area contributed by atoms with Gasteiger partial charge in [0.25, 0.3) is 5.22 Å². The Kier molecular flexibility index (Phi) is 3.97. The minimum Gasteiger partial charge on any atom is -0.440 e. The van der Waals surface area contributed by atoms with Crippen molar-refractivity contribution in [3.05, 3.63) is 12.5 Å². The Labute approximate surface area is 120 Å². The number of nitrogens with two attached hydrogens (primary N) is 1. The van der Waals surface area contributed by atoms with Gasteiger partial charge < -0.3 is 9.32 Å². The fraction of sp³-hybridized carbons (Fsp3) is 0.455. The van der Waals surface area contributed by atoms with Crippen molar-refractivity contribution in [3.63, 3.8) is 0 Å². The predicted molar refractivity (Wildman–Crippen MR) is 74.3 cm³/mol. The van der Waals surface area contributed by atoms with Crippen LogP contribution >= 0.6 is 11.8 Å². The highest BCUT2D eigenvalue weighted by molar-refractivity contribution is 7.98. The SMILES string of the molecule is NNc1nc(Sc2ncco2)nc(N2CCCCC2)n1. The van der Waals surface area contributed by atoms with E-state index < -0.39 is 0 Å². The van der Waals surface area contributed by atoms with Crippen LogP contribution in [0.4, 0.5) is 11.9 Å². The minimum absolute atomic E-state index is 0.342. The molecule has 1 aliphatic rings. The maximum absolute atomic E-state index is 5.42. The number of nitrogens with one attached hydrogen (secondary N) is 1. The van der Waals surface area contributed by atoms with Crippen LogP contribution < -0.4 is 16.2 Å². The summed E-state index contributed by atoms with van der Waals surface area (Å²) in [5.74, 6) is 6.40. The van der Waals surface area contributed by atoms with E-state index in [1.165, 1.54) is 24.4 Å². The Balaban J connectivity index is 1.85. The zero-order valence-electron chi connectivity index (χ0n) is 10.8. The van der Waals surface area contributed by atoms with E-state index in [4.69, 9.17) is 10.3 Å². The lowest BCUT2D eigenvalue weighted by molar-refractivity contribution is 0.453. The number of aromatic nitrogens is 4. The molecular weight excluding hydrogens is 278 g/mol. The number of hydrogen-bond acceptors (Lipinski definition) is 9. The molecule has 3 N–H and O–H groups in total. The molecule has 1 saturated heterocycles. The number of rotatable bonds is 4. The average molecular weight is 293 g/mol. The zero-order chi connectivity index (χ0) is 13.8. The molecule has 0 saturated carbocycles. The second-order valence-corrected chi connectivity index (χ2v) is 5.25. The van der Waals surface area contributed by atoms with E-state index in [0.717, 1.165) is 25.9 Å². The second kappa shape index (κ2) is 6.06. The molecule has 0 aliphatic carbocycles. The van der Waals surface area contributed by atoms with Crippen LogP contribution in [0.15, 0.2) is 27.3 Å². The van der Waals surface area contributed by atoms with Crippen molar-refractivity contribution in [2.75, 3.05) is 23.4 Å². The van der Waals surface area contributed by atoms with E-state index in [2.05, 4.69) is 30.3 Å². The van der Waals surface area contributed by atoms with Crippen molar-refractivity contribution in [1.29, 1.82) is 0 Å². The van der Waals surface area contributed by atoms with Crippen LogP contribution in [0.3, 0.4) is 0 Å². The second-order valence-electron chi connectivity index (χ2n) is 4.33. The first kappa shape index (κ1) is 13.1. The fourth-order valence-electron chi connectivity index (χ4n) is 2.03. The molecule has 8 nitrogen and oxygen atoms in total. The van der Waals surface area contributed by atoms with Crippen molar-refractivity contribution >= 4 is 23.7 Å². The van der Waals surface area contributed by atoms with Crippen molar-refractivity contribution in [2.24, 2.45) is 5.84 Å². The molecule has 0 radical (unpaired) electrons. The molecule has 0 spiro atoms. The van der Waals surface area contributed by atoms with E-state index in [0.29, 0.717) is 22.3 Å². The number of oxazole rings is 1. The largest absolute Gasteiger partial charge is 0.440 e. The van der Waals surface area contributed by atoms with Crippen LogP contribution in [-0.4, -0.2) is 33.0 Å². The van der Waals surface area contributed by atoms with Gasteiger partial charge in [0.15, 0.2) is 0 Å². The van der Waals surface area contributed by atoms with Crippen LogP contribution in [0.5, 0.6) is 0 Å². The monoisotopic (exact) mass is 293 g/mol. The molecule has 0 aromatic carbocycles. The summed E-state index contributed by atoms with van der Waals surface area (Å²) in [6.45, 7) is 1.91.